The van der Waals surface area contributed by atoms with Gasteiger partial charge in [0.1, 0.15) is 5.15 Å². The number of rotatable bonds is 1. The zero-order valence-electron chi connectivity index (χ0n) is 9.32. The van der Waals surface area contributed by atoms with Crippen LogP contribution in [-0.2, 0) is 0 Å². The lowest BCUT2D eigenvalue weighted by atomic mass is 9.86. The van der Waals surface area contributed by atoms with Gasteiger partial charge in [0.2, 0.25) is 0 Å². The van der Waals surface area contributed by atoms with E-state index in [0.29, 0.717) is 17.1 Å². The molecular weight excluding hydrogens is 220 g/mol. The number of fused-ring (bicyclic) bond motifs is 2. The number of aromatic nitrogens is 1. The fourth-order valence-electron chi connectivity index (χ4n) is 3.17. The summed E-state index contributed by atoms with van der Waals surface area (Å²) >= 11 is 5.83. The van der Waals surface area contributed by atoms with E-state index in [1.807, 2.05) is 12.3 Å². The molecule has 0 aromatic carbocycles. The molecule has 2 aliphatic rings. The van der Waals surface area contributed by atoms with Gasteiger partial charge in [-0.3, -0.25) is 0 Å². The lowest BCUT2D eigenvalue weighted by molar-refractivity contribution is 0.497. The van der Waals surface area contributed by atoms with Gasteiger partial charge in [-0.25, -0.2) is 4.98 Å². The Morgan fingerprint density at radius 2 is 2.12 bits per heavy atom. The second kappa shape index (κ2) is 4.34. The van der Waals surface area contributed by atoms with Crippen LogP contribution in [0.1, 0.15) is 43.6 Å². The highest BCUT2D eigenvalue weighted by molar-refractivity contribution is 6.29. The minimum atomic E-state index is 0.593. The Balaban J connectivity index is 1.82. The molecule has 1 aromatic heterocycles. The third-order valence-corrected chi connectivity index (χ3v) is 4.19. The van der Waals surface area contributed by atoms with Crippen LogP contribution in [-0.4, -0.2) is 17.1 Å². The molecule has 3 atom stereocenters. The molecule has 2 aliphatic heterocycles. The zero-order valence-corrected chi connectivity index (χ0v) is 10.1. The van der Waals surface area contributed by atoms with Gasteiger partial charge in [-0.15, -0.1) is 0 Å². The average molecular weight is 237 g/mol. The molecule has 2 saturated heterocycles. The summed E-state index contributed by atoms with van der Waals surface area (Å²) < 4.78 is 0. The predicted molar refractivity (Wildman–Crippen MR) is 65.8 cm³/mol. The molecule has 0 unspecified atom stereocenters. The predicted octanol–water partition coefficient (Wildman–Crippen LogP) is 3.12. The number of halogens is 1. The minimum Gasteiger partial charge on any atom is -0.311 e. The largest absolute Gasteiger partial charge is 0.311 e. The monoisotopic (exact) mass is 236 g/mol. The van der Waals surface area contributed by atoms with Crippen LogP contribution >= 0.6 is 11.6 Å². The van der Waals surface area contributed by atoms with Crippen LogP contribution in [0.15, 0.2) is 18.3 Å². The smallest absolute Gasteiger partial charge is 0.129 e. The molecule has 0 amide bonds. The van der Waals surface area contributed by atoms with Gasteiger partial charge in [-0.2, -0.15) is 0 Å². The molecule has 0 saturated carbocycles. The van der Waals surface area contributed by atoms with E-state index in [9.17, 15) is 0 Å². The summed E-state index contributed by atoms with van der Waals surface area (Å²) in [5, 5.41) is 4.35. The lowest BCUT2D eigenvalue weighted by Gasteiger charge is -2.19. The highest BCUT2D eigenvalue weighted by Crippen LogP contribution is 2.37. The number of hydrogen-bond donors (Lipinski definition) is 1. The van der Waals surface area contributed by atoms with E-state index in [0.717, 1.165) is 6.04 Å². The SMILES string of the molecule is Clc1ccc([C@H]2C[C@@H]3CCCC[C@H]2N3)cn1. The first-order chi connectivity index (χ1) is 7.83. The Morgan fingerprint density at radius 1 is 1.25 bits per heavy atom. The summed E-state index contributed by atoms with van der Waals surface area (Å²) in [6.45, 7) is 0. The molecule has 3 heterocycles. The fourth-order valence-corrected chi connectivity index (χ4v) is 3.29. The third-order valence-electron chi connectivity index (χ3n) is 3.97. The molecule has 0 spiro atoms. The van der Waals surface area contributed by atoms with Crippen molar-refractivity contribution in [3.63, 3.8) is 0 Å². The van der Waals surface area contributed by atoms with Crippen molar-refractivity contribution in [2.45, 2.75) is 50.1 Å². The van der Waals surface area contributed by atoms with E-state index in [4.69, 9.17) is 11.6 Å². The van der Waals surface area contributed by atoms with Gasteiger partial charge in [0.05, 0.1) is 0 Å². The first-order valence-electron chi connectivity index (χ1n) is 6.20. The zero-order chi connectivity index (χ0) is 11.0. The molecule has 2 bridgehead atoms. The van der Waals surface area contributed by atoms with Crippen LogP contribution < -0.4 is 5.32 Å². The van der Waals surface area contributed by atoms with Gasteiger partial charge < -0.3 is 5.32 Å². The van der Waals surface area contributed by atoms with E-state index in [2.05, 4.69) is 16.4 Å². The number of nitrogens with zero attached hydrogens (tertiary/aromatic N) is 1. The molecule has 1 aromatic rings. The second-order valence-electron chi connectivity index (χ2n) is 5.01. The topological polar surface area (TPSA) is 24.9 Å². The number of hydrogen-bond acceptors (Lipinski definition) is 2. The van der Waals surface area contributed by atoms with Crippen molar-refractivity contribution in [2.24, 2.45) is 0 Å². The standard InChI is InChI=1S/C13H17ClN2/c14-13-6-5-9(8-15-13)11-7-10-3-1-2-4-12(11)16-10/h5-6,8,10-12,16H,1-4,7H2/t10-,11+,12+/m0/s1. The molecule has 16 heavy (non-hydrogen) atoms. The van der Waals surface area contributed by atoms with Crippen LogP contribution in [0.25, 0.3) is 0 Å². The first-order valence-corrected chi connectivity index (χ1v) is 6.58. The molecule has 0 aliphatic carbocycles. The van der Waals surface area contributed by atoms with Crippen LogP contribution in [0.5, 0.6) is 0 Å². The quantitative estimate of drug-likeness (QED) is 0.758. The Bertz CT molecular complexity index is 363. The van der Waals surface area contributed by atoms with Crippen molar-refractivity contribution >= 4 is 11.6 Å². The Hall–Kier alpha value is -0.600. The van der Waals surface area contributed by atoms with Crippen LogP contribution in [0.4, 0.5) is 0 Å². The molecule has 3 rings (SSSR count). The molecule has 0 radical (unpaired) electrons. The van der Waals surface area contributed by atoms with E-state index in [1.165, 1.54) is 37.7 Å². The molecular formula is C13H17ClN2. The Labute approximate surface area is 101 Å². The summed E-state index contributed by atoms with van der Waals surface area (Å²) in [7, 11) is 0. The maximum absolute atomic E-state index is 5.83. The molecule has 2 fully saturated rings. The van der Waals surface area contributed by atoms with Crippen LogP contribution in [0.2, 0.25) is 5.15 Å². The van der Waals surface area contributed by atoms with Gasteiger partial charge in [0.15, 0.2) is 0 Å². The van der Waals surface area contributed by atoms with E-state index in [1.54, 1.807) is 0 Å². The van der Waals surface area contributed by atoms with Gasteiger partial charge >= 0.3 is 0 Å². The van der Waals surface area contributed by atoms with Crippen molar-refractivity contribution in [1.82, 2.24) is 10.3 Å². The van der Waals surface area contributed by atoms with Crippen molar-refractivity contribution in [3.05, 3.63) is 29.0 Å². The van der Waals surface area contributed by atoms with Gasteiger partial charge in [0, 0.05) is 24.2 Å². The van der Waals surface area contributed by atoms with Crippen molar-refractivity contribution in [2.75, 3.05) is 0 Å². The molecule has 1 N–H and O–H groups in total. The Morgan fingerprint density at radius 3 is 2.94 bits per heavy atom. The van der Waals surface area contributed by atoms with Crippen molar-refractivity contribution in [3.8, 4) is 0 Å². The maximum Gasteiger partial charge on any atom is 0.129 e. The van der Waals surface area contributed by atoms with Gasteiger partial charge in [0.25, 0.3) is 0 Å². The fraction of sp³-hybridized carbons (Fsp3) is 0.615. The maximum atomic E-state index is 5.83. The summed E-state index contributed by atoms with van der Waals surface area (Å²) in [6.07, 6.45) is 8.63. The number of nitrogens with one attached hydrogen (secondary N) is 1. The summed E-state index contributed by atoms with van der Waals surface area (Å²) in [6, 6.07) is 5.44. The van der Waals surface area contributed by atoms with Crippen molar-refractivity contribution in [1.29, 1.82) is 0 Å². The van der Waals surface area contributed by atoms with Crippen LogP contribution in [0.3, 0.4) is 0 Å². The van der Waals surface area contributed by atoms with Gasteiger partial charge in [-0.05, 0) is 30.9 Å². The minimum absolute atomic E-state index is 0.593. The summed E-state index contributed by atoms with van der Waals surface area (Å²) in [5.74, 6) is 0.648. The van der Waals surface area contributed by atoms with E-state index < -0.39 is 0 Å². The molecule has 2 nitrogen and oxygen atoms in total. The number of pyridine rings is 1. The highest BCUT2D eigenvalue weighted by Gasteiger charge is 2.35. The summed E-state index contributed by atoms with van der Waals surface area (Å²) in [5.41, 5.74) is 1.35. The third kappa shape index (κ3) is 1.96. The normalized spacial score (nSPS) is 33.7. The first kappa shape index (κ1) is 10.5. The van der Waals surface area contributed by atoms with Crippen LogP contribution in [0, 0.1) is 0 Å². The Kier molecular flexibility index (Phi) is 2.86. The molecule has 86 valence electrons. The van der Waals surface area contributed by atoms with E-state index in [-0.39, 0.29) is 0 Å². The summed E-state index contributed by atoms with van der Waals surface area (Å²) in [4.78, 5) is 4.20. The highest BCUT2D eigenvalue weighted by atomic mass is 35.5. The lowest BCUT2D eigenvalue weighted by Crippen LogP contribution is -2.28. The van der Waals surface area contributed by atoms with E-state index >= 15 is 0 Å². The second-order valence-corrected chi connectivity index (χ2v) is 5.40. The van der Waals surface area contributed by atoms with Crippen molar-refractivity contribution < 1.29 is 0 Å². The van der Waals surface area contributed by atoms with Gasteiger partial charge in [-0.1, -0.05) is 30.5 Å². The molecule has 3 heteroatoms. The average Bonchev–Trinajstić information content (AvgIpc) is 2.52.